The predicted octanol–water partition coefficient (Wildman–Crippen LogP) is 3.17. The van der Waals surface area contributed by atoms with Crippen LogP contribution in [-0.4, -0.2) is 24.0 Å². The van der Waals surface area contributed by atoms with Crippen molar-refractivity contribution in [2.75, 3.05) is 18.4 Å². The number of nitrogens with zero attached hydrogens (tertiary/aromatic N) is 1. The molecule has 110 valence electrons. The normalized spacial score (nSPS) is 14.4. The van der Waals surface area contributed by atoms with Gasteiger partial charge < -0.3 is 10.6 Å². The first kappa shape index (κ1) is 14.8. The van der Waals surface area contributed by atoms with Crippen LogP contribution in [0.1, 0.15) is 62.0 Å². The van der Waals surface area contributed by atoms with Gasteiger partial charge in [-0.15, -0.1) is 0 Å². The molecule has 1 amide bonds. The third-order valence-electron chi connectivity index (χ3n) is 3.59. The first-order chi connectivity index (χ1) is 9.60. The third-order valence-corrected chi connectivity index (χ3v) is 3.59. The number of nitrogens with one attached hydrogen (secondary N) is 2. The molecule has 0 atom stereocenters. The van der Waals surface area contributed by atoms with Gasteiger partial charge in [-0.2, -0.15) is 0 Å². The Morgan fingerprint density at radius 2 is 2.15 bits per heavy atom. The summed E-state index contributed by atoms with van der Waals surface area (Å²) in [5.41, 5.74) is 1.66. The van der Waals surface area contributed by atoms with Crippen molar-refractivity contribution in [2.45, 2.75) is 46.0 Å². The molecule has 0 aromatic carbocycles. The van der Waals surface area contributed by atoms with Crippen molar-refractivity contribution in [2.24, 2.45) is 5.92 Å². The molecule has 1 aromatic heterocycles. The molecule has 1 heterocycles. The van der Waals surface area contributed by atoms with Gasteiger partial charge >= 0.3 is 0 Å². The van der Waals surface area contributed by atoms with Crippen molar-refractivity contribution >= 4 is 11.7 Å². The SMILES string of the molecule is CCNc1cc(C(=O)NCCC2CC2)cc(C(C)C)n1. The quantitative estimate of drug-likeness (QED) is 0.803. The molecule has 4 nitrogen and oxygen atoms in total. The minimum atomic E-state index is 0.00843. The first-order valence-corrected chi connectivity index (χ1v) is 7.64. The Kier molecular flexibility index (Phi) is 4.99. The smallest absolute Gasteiger partial charge is 0.251 e. The fourth-order valence-electron chi connectivity index (χ4n) is 2.15. The van der Waals surface area contributed by atoms with Crippen molar-refractivity contribution in [1.29, 1.82) is 0 Å². The standard InChI is InChI=1S/C16H25N3O/c1-4-17-15-10-13(9-14(19-15)11(2)3)16(20)18-8-7-12-5-6-12/h9-12H,4-8H2,1-3H3,(H,17,19)(H,18,20). The van der Waals surface area contributed by atoms with Crippen LogP contribution in [0.25, 0.3) is 0 Å². The van der Waals surface area contributed by atoms with Crippen LogP contribution >= 0.6 is 0 Å². The number of carbonyl (C=O) groups excluding carboxylic acids is 1. The minimum Gasteiger partial charge on any atom is -0.370 e. The van der Waals surface area contributed by atoms with Crippen molar-refractivity contribution in [3.8, 4) is 0 Å². The van der Waals surface area contributed by atoms with E-state index in [-0.39, 0.29) is 5.91 Å². The highest BCUT2D eigenvalue weighted by molar-refractivity contribution is 5.95. The van der Waals surface area contributed by atoms with E-state index in [2.05, 4.69) is 29.5 Å². The number of aromatic nitrogens is 1. The number of amides is 1. The Labute approximate surface area is 121 Å². The van der Waals surface area contributed by atoms with Gasteiger partial charge in [-0.25, -0.2) is 4.98 Å². The van der Waals surface area contributed by atoms with E-state index in [0.717, 1.165) is 36.9 Å². The average molecular weight is 275 g/mol. The molecule has 0 spiro atoms. The van der Waals surface area contributed by atoms with E-state index in [1.165, 1.54) is 12.8 Å². The van der Waals surface area contributed by atoms with E-state index in [1.807, 2.05) is 19.1 Å². The summed E-state index contributed by atoms with van der Waals surface area (Å²) >= 11 is 0. The second-order valence-electron chi connectivity index (χ2n) is 5.84. The molecule has 1 aliphatic rings. The van der Waals surface area contributed by atoms with Gasteiger partial charge in [-0.1, -0.05) is 26.7 Å². The lowest BCUT2D eigenvalue weighted by Gasteiger charge is -2.12. The second kappa shape index (κ2) is 6.73. The molecule has 0 aliphatic heterocycles. The zero-order chi connectivity index (χ0) is 14.5. The molecule has 0 saturated heterocycles. The zero-order valence-corrected chi connectivity index (χ0v) is 12.7. The highest BCUT2D eigenvalue weighted by Crippen LogP contribution is 2.31. The molecule has 0 unspecified atom stereocenters. The maximum Gasteiger partial charge on any atom is 0.251 e. The molecule has 2 N–H and O–H groups in total. The van der Waals surface area contributed by atoms with Crippen molar-refractivity contribution in [3.05, 3.63) is 23.4 Å². The van der Waals surface area contributed by atoms with Crippen LogP contribution in [0.5, 0.6) is 0 Å². The maximum absolute atomic E-state index is 12.2. The number of pyridine rings is 1. The van der Waals surface area contributed by atoms with Crippen molar-refractivity contribution in [3.63, 3.8) is 0 Å². The largest absolute Gasteiger partial charge is 0.370 e. The number of carbonyl (C=O) groups is 1. The summed E-state index contributed by atoms with van der Waals surface area (Å²) in [7, 11) is 0. The van der Waals surface area contributed by atoms with E-state index in [9.17, 15) is 4.79 Å². The molecular weight excluding hydrogens is 250 g/mol. The lowest BCUT2D eigenvalue weighted by atomic mass is 10.1. The lowest BCUT2D eigenvalue weighted by Crippen LogP contribution is -2.25. The van der Waals surface area contributed by atoms with Gasteiger partial charge in [0.05, 0.1) is 0 Å². The summed E-state index contributed by atoms with van der Waals surface area (Å²) in [6, 6.07) is 3.74. The number of hydrogen-bond acceptors (Lipinski definition) is 3. The molecule has 1 fully saturated rings. The highest BCUT2D eigenvalue weighted by atomic mass is 16.1. The van der Waals surface area contributed by atoms with Crippen LogP contribution in [-0.2, 0) is 0 Å². The topological polar surface area (TPSA) is 54.0 Å². The molecular formula is C16H25N3O. The molecule has 0 radical (unpaired) electrons. The van der Waals surface area contributed by atoms with Crippen LogP contribution in [0.3, 0.4) is 0 Å². The van der Waals surface area contributed by atoms with E-state index in [1.54, 1.807) is 0 Å². The van der Waals surface area contributed by atoms with Crippen molar-refractivity contribution in [1.82, 2.24) is 10.3 Å². The summed E-state index contributed by atoms with van der Waals surface area (Å²) in [4.78, 5) is 16.7. The van der Waals surface area contributed by atoms with Gasteiger partial charge in [0, 0.05) is 24.3 Å². The molecule has 0 bridgehead atoms. The molecule has 20 heavy (non-hydrogen) atoms. The summed E-state index contributed by atoms with van der Waals surface area (Å²) in [5, 5.41) is 6.20. The fraction of sp³-hybridized carbons (Fsp3) is 0.625. The monoisotopic (exact) mass is 275 g/mol. The predicted molar refractivity (Wildman–Crippen MR) is 82.2 cm³/mol. The highest BCUT2D eigenvalue weighted by Gasteiger charge is 2.20. The van der Waals surface area contributed by atoms with Gasteiger partial charge in [-0.05, 0) is 37.3 Å². The van der Waals surface area contributed by atoms with Crippen LogP contribution in [0, 0.1) is 5.92 Å². The number of hydrogen-bond donors (Lipinski definition) is 2. The Morgan fingerprint density at radius 3 is 2.75 bits per heavy atom. The van der Waals surface area contributed by atoms with E-state index < -0.39 is 0 Å². The van der Waals surface area contributed by atoms with Crippen LogP contribution < -0.4 is 10.6 Å². The summed E-state index contributed by atoms with van der Waals surface area (Å²) in [6.07, 6.45) is 3.76. The molecule has 1 aromatic rings. The van der Waals surface area contributed by atoms with Gasteiger partial charge in [0.2, 0.25) is 0 Å². The third kappa shape index (κ3) is 4.22. The molecule has 1 aliphatic carbocycles. The lowest BCUT2D eigenvalue weighted by molar-refractivity contribution is 0.0952. The second-order valence-corrected chi connectivity index (χ2v) is 5.84. The number of rotatable bonds is 7. The Morgan fingerprint density at radius 1 is 1.40 bits per heavy atom. The van der Waals surface area contributed by atoms with E-state index >= 15 is 0 Å². The van der Waals surface area contributed by atoms with Gasteiger partial charge in [-0.3, -0.25) is 4.79 Å². The van der Waals surface area contributed by atoms with E-state index in [0.29, 0.717) is 11.5 Å². The summed E-state index contributed by atoms with van der Waals surface area (Å²) < 4.78 is 0. The molecule has 2 rings (SSSR count). The Bertz CT molecular complexity index is 467. The zero-order valence-electron chi connectivity index (χ0n) is 12.7. The van der Waals surface area contributed by atoms with Crippen LogP contribution in [0.2, 0.25) is 0 Å². The van der Waals surface area contributed by atoms with E-state index in [4.69, 9.17) is 0 Å². The fourth-order valence-corrected chi connectivity index (χ4v) is 2.15. The van der Waals surface area contributed by atoms with Gasteiger partial charge in [0.15, 0.2) is 0 Å². The maximum atomic E-state index is 12.2. The molecule has 1 saturated carbocycles. The minimum absolute atomic E-state index is 0.00843. The van der Waals surface area contributed by atoms with Crippen LogP contribution in [0.4, 0.5) is 5.82 Å². The summed E-state index contributed by atoms with van der Waals surface area (Å²) in [6.45, 7) is 7.79. The summed E-state index contributed by atoms with van der Waals surface area (Å²) in [5.74, 6) is 1.95. The Hall–Kier alpha value is -1.58. The van der Waals surface area contributed by atoms with Gasteiger partial charge in [0.25, 0.3) is 5.91 Å². The van der Waals surface area contributed by atoms with Crippen LogP contribution in [0.15, 0.2) is 12.1 Å². The first-order valence-electron chi connectivity index (χ1n) is 7.64. The number of anilines is 1. The average Bonchev–Trinajstić information content (AvgIpc) is 3.22. The molecule has 4 heteroatoms. The Balaban J connectivity index is 2.04. The van der Waals surface area contributed by atoms with Crippen molar-refractivity contribution < 1.29 is 4.79 Å². The van der Waals surface area contributed by atoms with Gasteiger partial charge in [0.1, 0.15) is 5.82 Å².